The molecule has 0 aromatic rings. The van der Waals surface area contributed by atoms with Crippen molar-refractivity contribution in [3.05, 3.63) is 0 Å². The Morgan fingerprint density at radius 3 is 2.53 bits per heavy atom. The maximum Gasteiger partial charge on any atom is 0.401 e. The van der Waals surface area contributed by atoms with E-state index in [1.165, 1.54) is 12.8 Å². The van der Waals surface area contributed by atoms with Crippen LogP contribution in [-0.2, 0) is 0 Å². The molecule has 4 aliphatic rings. The summed E-state index contributed by atoms with van der Waals surface area (Å²) in [4.78, 5) is 4.77. The average Bonchev–Trinajstić information content (AvgIpc) is 2.68. The zero-order chi connectivity index (χ0) is 13.6. The number of likely N-dealkylation sites (N-methyl/N-ethyl adjacent to an activating group) is 1. The summed E-state index contributed by atoms with van der Waals surface area (Å²) in [5, 5.41) is 2.60. The molecule has 4 saturated heterocycles. The van der Waals surface area contributed by atoms with Crippen LogP contribution >= 0.6 is 0 Å². The molecule has 0 aliphatic carbocycles. The van der Waals surface area contributed by atoms with Crippen LogP contribution in [0, 0.1) is 11.8 Å². The number of alkyl halides is 3. The lowest BCUT2D eigenvalue weighted by Crippen LogP contribution is -2.58. The molecule has 0 amide bonds. The highest BCUT2D eigenvalue weighted by atomic mass is 19.4. The van der Waals surface area contributed by atoms with Crippen molar-refractivity contribution in [3.8, 4) is 0 Å². The first kappa shape index (κ1) is 13.6. The van der Waals surface area contributed by atoms with Crippen LogP contribution < -0.4 is 5.32 Å². The van der Waals surface area contributed by atoms with E-state index in [9.17, 15) is 13.2 Å². The minimum Gasteiger partial charge on any atom is -0.307 e. The van der Waals surface area contributed by atoms with E-state index in [1.54, 1.807) is 0 Å². The molecular formula is C13H22F3N3. The standard InChI is InChI=1S/C13H22F3N3/c1-18-7-10-9-2-4-19(5-3-9)12(10)11(18)6-17-8-13(14,15)16/h9-12,17H,2-8H2,1H3. The maximum atomic E-state index is 12.2. The Kier molecular flexibility index (Phi) is 3.52. The zero-order valence-electron chi connectivity index (χ0n) is 11.3. The number of nitrogens with one attached hydrogen (secondary N) is 1. The van der Waals surface area contributed by atoms with E-state index in [2.05, 4.69) is 22.2 Å². The minimum absolute atomic E-state index is 0.232. The number of piperidine rings is 3. The number of likely N-dealkylation sites (tertiary alicyclic amines) is 1. The van der Waals surface area contributed by atoms with E-state index in [-0.39, 0.29) is 6.04 Å². The van der Waals surface area contributed by atoms with E-state index in [4.69, 9.17) is 0 Å². The molecule has 4 rings (SSSR count). The van der Waals surface area contributed by atoms with Crippen molar-refractivity contribution >= 4 is 0 Å². The highest BCUT2D eigenvalue weighted by Crippen LogP contribution is 2.43. The van der Waals surface area contributed by atoms with Crippen LogP contribution in [-0.4, -0.2) is 67.8 Å². The fraction of sp³-hybridized carbons (Fsp3) is 1.00. The largest absolute Gasteiger partial charge is 0.401 e. The predicted octanol–water partition coefficient (Wildman–Crippen LogP) is 1.16. The number of hydrogen-bond acceptors (Lipinski definition) is 3. The van der Waals surface area contributed by atoms with Gasteiger partial charge in [0, 0.05) is 25.2 Å². The van der Waals surface area contributed by atoms with Gasteiger partial charge in [-0.3, -0.25) is 4.90 Å². The molecule has 0 radical (unpaired) electrons. The number of nitrogens with zero attached hydrogens (tertiary/aromatic N) is 2. The molecule has 1 N–H and O–H groups in total. The molecule has 19 heavy (non-hydrogen) atoms. The van der Waals surface area contributed by atoms with Gasteiger partial charge in [0.1, 0.15) is 0 Å². The van der Waals surface area contributed by atoms with Gasteiger partial charge in [-0.15, -0.1) is 0 Å². The van der Waals surface area contributed by atoms with Gasteiger partial charge in [0.15, 0.2) is 0 Å². The van der Waals surface area contributed by atoms with Gasteiger partial charge in [0.05, 0.1) is 6.54 Å². The third-order valence-corrected chi connectivity index (χ3v) is 5.18. The molecule has 4 fully saturated rings. The van der Waals surface area contributed by atoms with Gasteiger partial charge in [0.25, 0.3) is 0 Å². The first-order valence-electron chi connectivity index (χ1n) is 7.17. The monoisotopic (exact) mass is 277 g/mol. The van der Waals surface area contributed by atoms with Crippen molar-refractivity contribution < 1.29 is 13.2 Å². The lowest BCUT2D eigenvalue weighted by Gasteiger charge is -2.49. The summed E-state index contributed by atoms with van der Waals surface area (Å²) in [6.07, 6.45) is -1.56. The van der Waals surface area contributed by atoms with E-state index in [0.29, 0.717) is 18.5 Å². The van der Waals surface area contributed by atoms with Gasteiger partial charge in [-0.1, -0.05) is 0 Å². The highest BCUT2D eigenvalue weighted by molar-refractivity contribution is 5.06. The molecule has 0 aromatic carbocycles. The van der Waals surface area contributed by atoms with Crippen molar-refractivity contribution in [3.63, 3.8) is 0 Å². The Balaban J connectivity index is 1.62. The van der Waals surface area contributed by atoms with Gasteiger partial charge in [-0.05, 0) is 44.8 Å². The van der Waals surface area contributed by atoms with Crippen molar-refractivity contribution in [2.75, 3.05) is 39.8 Å². The molecule has 3 atom stereocenters. The summed E-state index contributed by atoms with van der Waals surface area (Å²) in [5.41, 5.74) is 0. The second-order valence-corrected chi connectivity index (χ2v) is 6.28. The first-order chi connectivity index (χ1) is 8.96. The Bertz CT molecular complexity index is 326. The second kappa shape index (κ2) is 4.90. The summed E-state index contributed by atoms with van der Waals surface area (Å²) in [5.74, 6) is 1.47. The Morgan fingerprint density at radius 2 is 1.89 bits per heavy atom. The van der Waals surface area contributed by atoms with Crippen LogP contribution in [0.25, 0.3) is 0 Å². The van der Waals surface area contributed by atoms with E-state index in [0.717, 1.165) is 25.6 Å². The van der Waals surface area contributed by atoms with E-state index in [1.807, 2.05) is 0 Å². The molecule has 6 heteroatoms. The molecule has 0 spiro atoms. The first-order valence-corrected chi connectivity index (χ1v) is 7.17. The van der Waals surface area contributed by atoms with Crippen molar-refractivity contribution in [1.82, 2.24) is 15.1 Å². The minimum atomic E-state index is -4.11. The van der Waals surface area contributed by atoms with Crippen LogP contribution in [0.2, 0.25) is 0 Å². The molecule has 3 unspecified atom stereocenters. The summed E-state index contributed by atoms with van der Waals surface area (Å²) in [6.45, 7) is 2.88. The summed E-state index contributed by atoms with van der Waals surface area (Å²) in [7, 11) is 2.05. The van der Waals surface area contributed by atoms with Crippen molar-refractivity contribution in [1.29, 1.82) is 0 Å². The maximum absolute atomic E-state index is 12.2. The van der Waals surface area contributed by atoms with E-state index < -0.39 is 12.7 Å². The fourth-order valence-electron chi connectivity index (χ4n) is 4.35. The number of rotatable bonds is 3. The predicted molar refractivity (Wildman–Crippen MR) is 66.9 cm³/mol. The van der Waals surface area contributed by atoms with Crippen LogP contribution in [0.4, 0.5) is 13.2 Å². The van der Waals surface area contributed by atoms with Crippen LogP contribution in [0.5, 0.6) is 0 Å². The number of hydrogen-bond donors (Lipinski definition) is 1. The Morgan fingerprint density at radius 1 is 1.21 bits per heavy atom. The van der Waals surface area contributed by atoms with Gasteiger partial charge in [0.2, 0.25) is 0 Å². The lowest BCUT2D eigenvalue weighted by atomic mass is 9.74. The van der Waals surface area contributed by atoms with Gasteiger partial charge in [-0.25, -0.2) is 0 Å². The third kappa shape index (κ3) is 2.62. The molecular weight excluding hydrogens is 255 g/mol. The van der Waals surface area contributed by atoms with Crippen molar-refractivity contribution in [2.45, 2.75) is 31.1 Å². The smallest absolute Gasteiger partial charge is 0.307 e. The topological polar surface area (TPSA) is 18.5 Å². The molecule has 110 valence electrons. The molecule has 2 bridgehead atoms. The SMILES string of the molecule is CN1CC2C3CCN(CC3)C2C1CNCC(F)(F)F. The molecule has 0 saturated carbocycles. The molecule has 4 heterocycles. The van der Waals surface area contributed by atoms with Crippen LogP contribution in [0.3, 0.4) is 0 Å². The summed E-state index contributed by atoms with van der Waals surface area (Å²) in [6, 6.07) is 0.702. The molecule has 3 nitrogen and oxygen atoms in total. The molecule has 4 aliphatic heterocycles. The van der Waals surface area contributed by atoms with Crippen molar-refractivity contribution in [2.24, 2.45) is 11.8 Å². The average molecular weight is 277 g/mol. The third-order valence-electron chi connectivity index (χ3n) is 5.18. The Labute approximate surface area is 112 Å². The number of fused-ring (bicyclic) bond motifs is 2. The van der Waals surface area contributed by atoms with Gasteiger partial charge in [-0.2, -0.15) is 13.2 Å². The lowest BCUT2D eigenvalue weighted by molar-refractivity contribution is -0.125. The van der Waals surface area contributed by atoms with Gasteiger partial charge < -0.3 is 10.2 Å². The van der Waals surface area contributed by atoms with E-state index >= 15 is 0 Å². The quantitative estimate of drug-likeness (QED) is 0.835. The molecule has 0 aromatic heterocycles. The normalized spacial score (nSPS) is 42.6. The Hall–Kier alpha value is -0.330. The summed E-state index contributed by atoms with van der Waals surface area (Å²) < 4.78 is 36.7. The zero-order valence-corrected chi connectivity index (χ0v) is 11.3. The summed E-state index contributed by atoms with van der Waals surface area (Å²) >= 11 is 0. The van der Waals surface area contributed by atoms with Gasteiger partial charge >= 0.3 is 6.18 Å². The number of halogens is 3. The second-order valence-electron chi connectivity index (χ2n) is 6.28. The highest BCUT2D eigenvalue weighted by Gasteiger charge is 2.51. The van der Waals surface area contributed by atoms with Crippen LogP contribution in [0.15, 0.2) is 0 Å². The fourth-order valence-corrected chi connectivity index (χ4v) is 4.35. The van der Waals surface area contributed by atoms with Crippen LogP contribution in [0.1, 0.15) is 12.8 Å².